The van der Waals surface area contributed by atoms with Gasteiger partial charge in [-0.25, -0.2) is 13.1 Å². The van der Waals surface area contributed by atoms with E-state index in [1.165, 1.54) is 19.2 Å². The quantitative estimate of drug-likeness (QED) is 0.792. The first-order chi connectivity index (χ1) is 9.31. The summed E-state index contributed by atoms with van der Waals surface area (Å²) in [5, 5.41) is 8.84. The van der Waals surface area contributed by atoms with Crippen LogP contribution in [0.4, 0.5) is 5.69 Å². The zero-order valence-electron chi connectivity index (χ0n) is 11.8. The predicted octanol–water partition coefficient (Wildman–Crippen LogP) is 1.28. The molecule has 20 heavy (non-hydrogen) atoms. The van der Waals surface area contributed by atoms with Gasteiger partial charge in [-0.3, -0.25) is 4.79 Å². The van der Waals surface area contributed by atoms with Crippen molar-refractivity contribution in [3.8, 4) is 0 Å². The number of rotatable bonds is 7. The smallest absolute Gasteiger partial charge is 0.305 e. The third-order valence-corrected chi connectivity index (χ3v) is 4.52. The van der Waals surface area contributed by atoms with E-state index in [0.717, 1.165) is 5.69 Å². The van der Waals surface area contributed by atoms with E-state index >= 15 is 0 Å². The first kappa shape index (κ1) is 16.5. The summed E-state index contributed by atoms with van der Waals surface area (Å²) in [7, 11) is -2.09. The molecule has 1 rings (SSSR count). The van der Waals surface area contributed by atoms with Gasteiger partial charge >= 0.3 is 5.97 Å². The van der Waals surface area contributed by atoms with E-state index in [0.29, 0.717) is 6.54 Å². The number of sulfonamides is 1. The number of nitrogens with one attached hydrogen (secondary N) is 1. The molecule has 0 aliphatic rings. The lowest BCUT2D eigenvalue weighted by Gasteiger charge is -2.29. The van der Waals surface area contributed by atoms with Gasteiger partial charge in [0.05, 0.1) is 11.3 Å². The molecule has 0 radical (unpaired) electrons. The van der Waals surface area contributed by atoms with Crippen LogP contribution in [0.2, 0.25) is 0 Å². The molecule has 0 amide bonds. The maximum Gasteiger partial charge on any atom is 0.305 e. The van der Waals surface area contributed by atoms with Gasteiger partial charge in [0.1, 0.15) is 0 Å². The molecule has 0 heterocycles. The molecule has 1 aromatic carbocycles. The zero-order chi connectivity index (χ0) is 15.3. The van der Waals surface area contributed by atoms with Crippen molar-refractivity contribution in [2.75, 3.05) is 18.5 Å². The topological polar surface area (TPSA) is 86.7 Å². The van der Waals surface area contributed by atoms with Crippen LogP contribution in [0.15, 0.2) is 29.2 Å². The number of carboxylic acid groups (broad SMARTS) is 1. The predicted molar refractivity (Wildman–Crippen MR) is 77.4 cm³/mol. The fourth-order valence-electron chi connectivity index (χ4n) is 2.05. The fourth-order valence-corrected chi connectivity index (χ4v) is 2.78. The number of carboxylic acids is 1. The summed E-state index contributed by atoms with van der Waals surface area (Å²) in [6.07, 6.45) is 0.0321. The molecule has 1 atom stereocenters. The largest absolute Gasteiger partial charge is 0.481 e. The minimum atomic E-state index is -3.45. The van der Waals surface area contributed by atoms with Gasteiger partial charge in [0.25, 0.3) is 0 Å². The molecule has 1 unspecified atom stereocenters. The number of nitrogens with zero attached hydrogens (tertiary/aromatic N) is 1. The van der Waals surface area contributed by atoms with Crippen molar-refractivity contribution in [2.24, 2.45) is 0 Å². The Morgan fingerprint density at radius 2 is 1.90 bits per heavy atom. The normalized spacial score (nSPS) is 12.9. The summed E-state index contributed by atoms with van der Waals surface area (Å²) < 4.78 is 25.5. The van der Waals surface area contributed by atoms with Gasteiger partial charge in [0.15, 0.2) is 0 Å². The molecule has 1 aromatic rings. The molecule has 0 saturated heterocycles. The van der Waals surface area contributed by atoms with Crippen molar-refractivity contribution in [1.29, 1.82) is 0 Å². The average molecular weight is 300 g/mol. The molecule has 2 N–H and O–H groups in total. The number of hydrogen-bond acceptors (Lipinski definition) is 4. The molecule has 0 bridgehead atoms. The molecule has 6 nitrogen and oxygen atoms in total. The lowest BCUT2D eigenvalue weighted by molar-refractivity contribution is -0.137. The molecular weight excluding hydrogens is 280 g/mol. The van der Waals surface area contributed by atoms with Crippen molar-refractivity contribution in [1.82, 2.24) is 4.72 Å². The van der Waals surface area contributed by atoms with E-state index in [2.05, 4.69) is 4.72 Å². The molecule has 0 spiro atoms. The van der Waals surface area contributed by atoms with Crippen LogP contribution >= 0.6 is 0 Å². The van der Waals surface area contributed by atoms with Gasteiger partial charge in [0, 0.05) is 18.3 Å². The lowest BCUT2D eigenvalue weighted by Crippen LogP contribution is -2.34. The van der Waals surface area contributed by atoms with Gasteiger partial charge in [-0.2, -0.15) is 0 Å². The maximum atomic E-state index is 11.6. The second-order valence-electron chi connectivity index (χ2n) is 4.43. The monoisotopic (exact) mass is 300 g/mol. The molecule has 0 aliphatic carbocycles. The van der Waals surface area contributed by atoms with E-state index in [1.807, 2.05) is 18.7 Å². The van der Waals surface area contributed by atoms with Crippen molar-refractivity contribution >= 4 is 21.7 Å². The second-order valence-corrected chi connectivity index (χ2v) is 6.32. The zero-order valence-corrected chi connectivity index (χ0v) is 12.6. The molecule has 0 fully saturated rings. The maximum absolute atomic E-state index is 11.6. The van der Waals surface area contributed by atoms with Crippen LogP contribution in [0.25, 0.3) is 0 Å². The van der Waals surface area contributed by atoms with Crippen LogP contribution in [0.3, 0.4) is 0 Å². The molecule has 7 heteroatoms. The van der Waals surface area contributed by atoms with Gasteiger partial charge in [-0.1, -0.05) is 0 Å². The summed E-state index contributed by atoms with van der Waals surface area (Å²) in [6, 6.07) is 6.23. The van der Waals surface area contributed by atoms with E-state index in [9.17, 15) is 13.2 Å². The third-order valence-electron chi connectivity index (χ3n) is 3.09. The highest BCUT2D eigenvalue weighted by atomic mass is 32.2. The highest BCUT2D eigenvalue weighted by Gasteiger charge is 2.17. The Kier molecular flexibility index (Phi) is 5.52. The SMILES string of the molecule is CCN(c1ccc(S(=O)(=O)NC)cc1)C(C)CC(=O)O. The molecule has 0 saturated carbocycles. The van der Waals surface area contributed by atoms with Gasteiger partial charge in [0.2, 0.25) is 10.0 Å². The standard InChI is InChI=1S/C13H20N2O4S/c1-4-15(10(2)9-13(16)17)11-5-7-12(8-6-11)20(18,19)14-3/h5-8,10,14H,4,9H2,1-3H3,(H,16,17). The Balaban J connectivity index is 2.98. The van der Waals surface area contributed by atoms with E-state index in [-0.39, 0.29) is 17.4 Å². The lowest BCUT2D eigenvalue weighted by atomic mass is 10.1. The Morgan fingerprint density at radius 1 is 1.35 bits per heavy atom. The number of benzene rings is 1. The van der Waals surface area contributed by atoms with Gasteiger partial charge in [-0.15, -0.1) is 0 Å². The van der Waals surface area contributed by atoms with Crippen LogP contribution < -0.4 is 9.62 Å². The number of aliphatic carboxylic acids is 1. The summed E-state index contributed by atoms with van der Waals surface area (Å²) >= 11 is 0. The minimum absolute atomic E-state index is 0.0321. The number of hydrogen-bond donors (Lipinski definition) is 2. The second kappa shape index (κ2) is 6.71. The van der Waals surface area contributed by atoms with Crippen molar-refractivity contribution in [3.63, 3.8) is 0 Å². The van der Waals surface area contributed by atoms with Crippen molar-refractivity contribution in [3.05, 3.63) is 24.3 Å². The Labute approximate surface area is 119 Å². The highest BCUT2D eigenvalue weighted by molar-refractivity contribution is 7.89. The number of carbonyl (C=O) groups is 1. The Bertz CT molecular complexity index is 554. The highest BCUT2D eigenvalue weighted by Crippen LogP contribution is 2.20. The Morgan fingerprint density at radius 3 is 2.30 bits per heavy atom. The van der Waals surface area contributed by atoms with Crippen LogP contribution in [-0.2, 0) is 14.8 Å². The van der Waals surface area contributed by atoms with E-state index in [4.69, 9.17) is 5.11 Å². The van der Waals surface area contributed by atoms with Crippen LogP contribution in [-0.4, -0.2) is 39.1 Å². The summed E-state index contributed by atoms with van der Waals surface area (Å²) in [5.41, 5.74) is 0.802. The van der Waals surface area contributed by atoms with E-state index in [1.54, 1.807) is 12.1 Å². The van der Waals surface area contributed by atoms with Crippen molar-refractivity contribution < 1.29 is 18.3 Å². The first-order valence-corrected chi connectivity index (χ1v) is 7.82. The van der Waals surface area contributed by atoms with Gasteiger partial charge < -0.3 is 10.0 Å². The summed E-state index contributed by atoms with van der Waals surface area (Å²) in [5.74, 6) is -0.856. The molecular formula is C13H20N2O4S. The molecule has 112 valence electrons. The molecule has 0 aliphatic heterocycles. The van der Waals surface area contributed by atoms with Crippen molar-refractivity contribution in [2.45, 2.75) is 31.2 Å². The first-order valence-electron chi connectivity index (χ1n) is 6.33. The average Bonchev–Trinajstić information content (AvgIpc) is 2.39. The summed E-state index contributed by atoms with van der Waals surface area (Å²) in [6.45, 7) is 4.40. The van der Waals surface area contributed by atoms with Gasteiger partial charge in [-0.05, 0) is 45.2 Å². The van der Waals surface area contributed by atoms with Crippen LogP contribution in [0.5, 0.6) is 0 Å². The Hall–Kier alpha value is -1.60. The molecule has 0 aromatic heterocycles. The fraction of sp³-hybridized carbons (Fsp3) is 0.462. The van der Waals surface area contributed by atoms with Crippen LogP contribution in [0, 0.1) is 0 Å². The minimum Gasteiger partial charge on any atom is -0.481 e. The number of anilines is 1. The third kappa shape index (κ3) is 3.94. The van der Waals surface area contributed by atoms with E-state index < -0.39 is 16.0 Å². The summed E-state index contributed by atoms with van der Waals surface area (Å²) in [4.78, 5) is 12.9. The van der Waals surface area contributed by atoms with Crippen LogP contribution in [0.1, 0.15) is 20.3 Å².